The van der Waals surface area contributed by atoms with Gasteiger partial charge in [0.15, 0.2) is 0 Å². The lowest BCUT2D eigenvalue weighted by Gasteiger charge is -2.21. The predicted octanol–water partition coefficient (Wildman–Crippen LogP) is 4.20. The fourth-order valence-electron chi connectivity index (χ4n) is 3.00. The zero-order valence-electron chi connectivity index (χ0n) is 15.7. The van der Waals surface area contributed by atoms with Crippen molar-refractivity contribution in [2.75, 3.05) is 18.4 Å². The van der Waals surface area contributed by atoms with Crippen molar-refractivity contribution < 1.29 is 13.2 Å². The van der Waals surface area contributed by atoms with Crippen LogP contribution in [-0.2, 0) is 20.2 Å². The highest BCUT2D eigenvalue weighted by molar-refractivity contribution is 7.89. The summed E-state index contributed by atoms with van der Waals surface area (Å²) in [7, 11) is -3.99. The van der Waals surface area contributed by atoms with Gasteiger partial charge in [-0.25, -0.2) is 8.42 Å². The molecule has 1 saturated carbocycles. The van der Waals surface area contributed by atoms with Crippen molar-refractivity contribution in [3.05, 3.63) is 58.1 Å². The van der Waals surface area contributed by atoms with Gasteiger partial charge >= 0.3 is 0 Å². The summed E-state index contributed by atoms with van der Waals surface area (Å²) >= 11 is 11.9. The Morgan fingerprint density at radius 2 is 1.86 bits per heavy atom. The normalized spacial score (nSPS) is 15.0. The summed E-state index contributed by atoms with van der Waals surface area (Å²) in [4.78, 5) is 12.3. The lowest BCUT2D eigenvalue weighted by molar-refractivity contribution is -0.116. The third-order valence-electron chi connectivity index (χ3n) is 4.87. The highest BCUT2D eigenvalue weighted by atomic mass is 35.5. The molecular weight excluding hydrogens is 433 g/mol. The Kier molecular flexibility index (Phi) is 6.20. The Morgan fingerprint density at radius 3 is 2.41 bits per heavy atom. The van der Waals surface area contributed by atoms with Crippen molar-refractivity contribution in [2.24, 2.45) is 0 Å². The standard InChI is InChI=1S/C20H19Cl2N3O3S/c1-2-25(29(27,28)18-11-15(21)5-8-17(18)22)12-19(26)24-16-6-3-14(4-7-16)20(13-23)9-10-20/h3-8,11H,2,9-10,12H2,1H3,(H,24,26). The molecule has 0 aromatic heterocycles. The quantitative estimate of drug-likeness (QED) is 0.682. The van der Waals surface area contributed by atoms with E-state index < -0.39 is 21.3 Å². The number of halogens is 2. The Labute approximate surface area is 180 Å². The van der Waals surface area contributed by atoms with Crippen LogP contribution in [0, 0.1) is 11.3 Å². The molecule has 3 rings (SSSR count). The average molecular weight is 452 g/mol. The highest BCUT2D eigenvalue weighted by Crippen LogP contribution is 2.47. The Balaban J connectivity index is 1.71. The largest absolute Gasteiger partial charge is 0.325 e. The number of sulfonamides is 1. The summed E-state index contributed by atoms with van der Waals surface area (Å²) in [5, 5.41) is 12.2. The van der Waals surface area contributed by atoms with Crippen molar-refractivity contribution in [3.8, 4) is 6.07 Å². The maximum absolute atomic E-state index is 12.9. The van der Waals surface area contributed by atoms with Gasteiger partial charge in [-0.15, -0.1) is 0 Å². The van der Waals surface area contributed by atoms with E-state index in [0.717, 1.165) is 22.7 Å². The molecule has 2 aromatic carbocycles. The summed E-state index contributed by atoms with van der Waals surface area (Å²) < 4.78 is 26.8. The van der Waals surface area contributed by atoms with Gasteiger partial charge in [0.05, 0.1) is 23.1 Å². The molecule has 0 spiro atoms. The Bertz CT molecular complexity index is 1080. The molecule has 1 aliphatic rings. The van der Waals surface area contributed by atoms with Crippen LogP contribution in [0.1, 0.15) is 25.3 Å². The molecule has 0 aliphatic heterocycles. The number of carbonyl (C=O) groups is 1. The third-order valence-corrected chi connectivity index (χ3v) is 7.51. The van der Waals surface area contributed by atoms with Crippen molar-refractivity contribution >= 4 is 44.8 Å². The predicted molar refractivity (Wildman–Crippen MR) is 112 cm³/mol. The van der Waals surface area contributed by atoms with Gasteiger partial charge in [-0.3, -0.25) is 4.79 Å². The van der Waals surface area contributed by atoms with Crippen LogP contribution in [0.2, 0.25) is 10.0 Å². The minimum atomic E-state index is -3.99. The van der Waals surface area contributed by atoms with Gasteiger partial charge < -0.3 is 5.32 Å². The molecule has 0 bridgehead atoms. The first kappa shape index (κ1) is 21.6. The molecule has 0 unspecified atom stereocenters. The molecule has 1 fully saturated rings. The minimum absolute atomic E-state index is 0.0374. The summed E-state index contributed by atoms with van der Waals surface area (Å²) in [6.45, 7) is 1.35. The smallest absolute Gasteiger partial charge is 0.245 e. The number of hydrogen-bond acceptors (Lipinski definition) is 4. The number of hydrogen-bond donors (Lipinski definition) is 1. The van der Waals surface area contributed by atoms with E-state index >= 15 is 0 Å². The molecule has 152 valence electrons. The molecule has 1 N–H and O–H groups in total. The Hall–Kier alpha value is -2.11. The molecule has 0 radical (unpaired) electrons. The number of carbonyl (C=O) groups excluding carboxylic acids is 1. The molecule has 0 heterocycles. The molecule has 9 heteroatoms. The average Bonchev–Trinajstić information content (AvgIpc) is 3.49. The van der Waals surface area contributed by atoms with Crippen LogP contribution >= 0.6 is 23.2 Å². The van der Waals surface area contributed by atoms with Crippen LogP contribution in [0.15, 0.2) is 47.4 Å². The molecule has 6 nitrogen and oxygen atoms in total. The summed E-state index contributed by atoms with van der Waals surface area (Å²) in [6.07, 6.45) is 1.68. The number of benzene rings is 2. The van der Waals surface area contributed by atoms with Gasteiger partial charge in [0.1, 0.15) is 4.90 Å². The zero-order chi connectivity index (χ0) is 21.2. The number of nitrogens with one attached hydrogen (secondary N) is 1. The number of likely N-dealkylation sites (N-methyl/N-ethyl adjacent to an activating group) is 1. The number of nitriles is 1. The maximum Gasteiger partial charge on any atom is 0.245 e. The molecule has 2 aromatic rings. The molecule has 0 saturated heterocycles. The Morgan fingerprint density at radius 1 is 1.21 bits per heavy atom. The lowest BCUT2D eigenvalue weighted by Crippen LogP contribution is -2.38. The molecule has 1 amide bonds. The second kappa shape index (κ2) is 8.33. The van der Waals surface area contributed by atoms with E-state index in [0.29, 0.717) is 5.69 Å². The monoisotopic (exact) mass is 451 g/mol. The van der Waals surface area contributed by atoms with Crippen molar-refractivity contribution in [1.29, 1.82) is 5.26 Å². The van der Waals surface area contributed by atoms with Gasteiger partial charge in [0.2, 0.25) is 15.9 Å². The van der Waals surface area contributed by atoms with Crippen molar-refractivity contribution in [1.82, 2.24) is 4.31 Å². The minimum Gasteiger partial charge on any atom is -0.325 e. The molecular formula is C20H19Cl2N3O3S. The van der Waals surface area contributed by atoms with Crippen molar-refractivity contribution in [2.45, 2.75) is 30.1 Å². The maximum atomic E-state index is 12.9. The van der Waals surface area contributed by atoms with Crippen LogP contribution in [0.4, 0.5) is 5.69 Å². The SMILES string of the molecule is CCN(CC(=O)Nc1ccc(C2(C#N)CC2)cc1)S(=O)(=O)c1cc(Cl)ccc1Cl. The van der Waals surface area contributed by atoms with Crippen LogP contribution < -0.4 is 5.32 Å². The topological polar surface area (TPSA) is 90.3 Å². The second-order valence-electron chi connectivity index (χ2n) is 6.83. The van der Waals surface area contributed by atoms with Crippen LogP contribution in [0.3, 0.4) is 0 Å². The van der Waals surface area contributed by atoms with Gasteiger partial charge in [-0.1, -0.05) is 42.3 Å². The lowest BCUT2D eigenvalue weighted by atomic mass is 9.98. The van der Waals surface area contributed by atoms with Crippen LogP contribution in [-0.4, -0.2) is 31.7 Å². The number of amides is 1. The first-order chi connectivity index (χ1) is 13.7. The van der Waals surface area contributed by atoms with E-state index in [-0.39, 0.29) is 28.0 Å². The van der Waals surface area contributed by atoms with E-state index in [1.807, 2.05) is 12.1 Å². The summed E-state index contributed by atoms with van der Waals surface area (Å²) in [6, 6.07) is 13.5. The fraction of sp³-hybridized carbons (Fsp3) is 0.300. The van der Waals surface area contributed by atoms with Gasteiger partial charge in [-0.05, 0) is 48.7 Å². The molecule has 29 heavy (non-hydrogen) atoms. The molecule has 0 atom stereocenters. The van der Waals surface area contributed by atoms with Gasteiger partial charge in [0.25, 0.3) is 0 Å². The third kappa shape index (κ3) is 4.57. The highest BCUT2D eigenvalue weighted by Gasteiger charge is 2.44. The van der Waals surface area contributed by atoms with Crippen LogP contribution in [0.5, 0.6) is 0 Å². The number of anilines is 1. The molecule has 1 aliphatic carbocycles. The first-order valence-electron chi connectivity index (χ1n) is 8.99. The van der Waals surface area contributed by atoms with Gasteiger partial charge in [0, 0.05) is 17.3 Å². The van der Waals surface area contributed by atoms with Crippen LogP contribution in [0.25, 0.3) is 0 Å². The number of nitrogens with zero attached hydrogens (tertiary/aromatic N) is 2. The fourth-order valence-corrected chi connectivity index (χ4v) is 5.15. The summed E-state index contributed by atoms with van der Waals surface area (Å²) in [5.74, 6) is -0.484. The number of rotatable bonds is 7. The van der Waals surface area contributed by atoms with Gasteiger partial charge in [-0.2, -0.15) is 9.57 Å². The van der Waals surface area contributed by atoms with E-state index in [9.17, 15) is 18.5 Å². The second-order valence-corrected chi connectivity index (χ2v) is 9.58. The van der Waals surface area contributed by atoms with E-state index in [2.05, 4.69) is 11.4 Å². The zero-order valence-corrected chi connectivity index (χ0v) is 18.0. The first-order valence-corrected chi connectivity index (χ1v) is 11.2. The summed E-state index contributed by atoms with van der Waals surface area (Å²) in [5.41, 5.74) is 1.05. The van der Waals surface area contributed by atoms with E-state index in [1.54, 1.807) is 19.1 Å². The van der Waals surface area contributed by atoms with E-state index in [4.69, 9.17) is 23.2 Å². The van der Waals surface area contributed by atoms with Crippen molar-refractivity contribution in [3.63, 3.8) is 0 Å². The van der Waals surface area contributed by atoms with E-state index in [1.165, 1.54) is 18.2 Å².